The zero-order chi connectivity index (χ0) is 14.8. The summed E-state index contributed by atoms with van der Waals surface area (Å²) in [5.74, 6) is -2.60. The molecule has 0 radical (unpaired) electrons. The average Bonchev–Trinajstić information content (AvgIpc) is 2.51. The SMILES string of the molecule is O=C(Nc1cccc(F)c1F)c1ccnc2ccccc12. The van der Waals surface area contributed by atoms with E-state index in [9.17, 15) is 13.6 Å². The Kier molecular flexibility index (Phi) is 3.31. The number of amides is 1. The predicted molar refractivity (Wildman–Crippen MR) is 76.1 cm³/mol. The Balaban J connectivity index is 2.00. The number of fused-ring (bicyclic) bond motifs is 1. The molecule has 2 aromatic carbocycles. The zero-order valence-corrected chi connectivity index (χ0v) is 10.8. The van der Waals surface area contributed by atoms with Gasteiger partial charge in [0.2, 0.25) is 0 Å². The lowest BCUT2D eigenvalue weighted by molar-refractivity contribution is 0.102. The molecule has 3 aromatic rings. The van der Waals surface area contributed by atoms with Gasteiger partial charge in [0, 0.05) is 11.6 Å². The van der Waals surface area contributed by atoms with Gasteiger partial charge in [-0.25, -0.2) is 8.78 Å². The molecule has 21 heavy (non-hydrogen) atoms. The number of benzene rings is 2. The molecule has 0 spiro atoms. The normalized spacial score (nSPS) is 10.6. The van der Waals surface area contributed by atoms with Crippen molar-refractivity contribution in [1.82, 2.24) is 4.98 Å². The maximum absolute atomic E-state index is 13.6. The number of hydrogen-bond donors (Lipinski definition) is 1. The van der Waals surface area contributed by atoms with Crippen LogP contribution in [0, 0.1) is 11.6 Å². The number of pyridine rings is 1. The summed E-state index contributed by atoms with van der Waals surface area (Å²) < 4.78 is 26.7. The summed E-state index contributed by atoms with van der Waals surface area (Å²) in [7, 11) is 0. The Hall–Kier alpha value is -2.82. The van der Waals surface area contributed by atoms with Crippen molar-refractivity contribution in [1.29, 1.82) is 0 Å². The first kappa shape index (κ1) is 13.2. The predicted octanol–water partition coefficient (Wildman–Crippen LogP) is 3.77. The lowest BCUT2D eigenvalue weighted by Crippen LogP contribution is -2.14. The van der Waals surface area contributed by atoms with Crippen LogP contribution in [0.3, 0.4) is 0 Å². The highest BCUT2D eigenvalue weighted by Crippen LogP contribution is 2.20. The summed E-state index contributed by atoms with van der Waals surface area (Å²) in [5, 5.41) is 3.03. The van der Waals surface area contributed by atoms with Gasteiger partial charge >= 0.3 is 0 Å². The third-order valence-electron chi connectivity index (χ3n) is 3.09. The van der Waals surface area contributed by atoms with Crippen LogP contribution >= 0.6 is 0 Å². The molecule has 104 valence electrons. The van der Waals surface area contributed by atoms with Gasteiger partial charge < -0.3 is 5.32 Å². The second-order valence-electron chi connectivity index (χ2n) is 4.43. The number of rotatable bonds is 2. The van der Waals surface area contributed by atoms with Crippen LogP contribution in [0.2, 0.25) is 0 Å². The third-order valence-corrected chi connectivity index (χ3v) is 3.09. The molecule has 0 saturated heterocycles. The van der Waals surface area contributed by atoms with E-state index in [1.165, 1.54) is 24.4 Å². The summed E-state index contributed by atoms with van der Waals surface area (Å²) in [6, 6.07) is 12.3. The second-order valence-corrected chi connectivity index (χ2v) is 4.43. The van der Waals surface area contributed by atoms with Gasteiger partial charge in [-0.3, -0.25) is 9.78 Å². The van der Waals surface area contributed by atoms with E-state index in [-0.39, 0.29) is 5.69 Å². The van der Waals surface area contributed by atoms with Crippen molar-refractivity contribution in [3.63, 3.8) is 0 Å². The van der Waals surface area contributed by atoms with Gasteiger partial charge in [-0.05, 0) is 24.3 Å². The minimum Gasteiger partial charge on any atom is -0.319 e. The Morgan fingerprint density at radius 3 is 2.67 bits per heavy atom. The molecule has 0 bridgehead atoms. The molecule has 1 N–H and O–H groups in total. The first-order chi connectivity index (χ1) is 10.2. The number of nitrogens with one attached hydrogen (secondary N) is 1. The number of carbonyl (C=O) groups is 1. The van der Waals surface area contributed by atoms with Crippen molar-refractivity contribution in [3.8, 4) is 0 Å². The van der Waals surface area contributed by atoms with Crippen molar-refractivity contribution >= 4 is 22.5 Å². The maximum atomic E-state index is 13.6. The van der Waals surface area contributed by atoms with Gasteiger partial charge in [-0.2, -0.15) is 0 Å². The van der Waals surface area contributed by atoms with Crippen LogP contribution in [-0.2, 0) is 0 Å². The Bertz CT molecular complexity index is 828. The van der Waals surface area contributed by atoms with Gasteiger partial charge in [0.1, 0.15) is 0 Å². The van der Waals surface area contributed by atoms with Crippen LogP contribution in [0.5, 0.6) is 0 Å². The Morgan fingerprint density at radius 2 is 1.81 bits per heavy atom. The molecule has 5 heteroatoms. The molecular weight excluding hydrogens is 274 g/mol. The summed E-state index contributed by atoms with van der Waals surface area (Å²) >= 11 is 0. The zero-order valence-electron chi connectivity index (χ0n) is 10.8. The molecule has 0 atom stereocenters. The summed E-state index contributed by atoms with van der Waals surface area (Å²) in [5.41, 5.74) is 0.815. The Morgan fingerprint density at radius 1 is 1.00 bits per heavy atom. The summed E-state index contributed by atoms with van der Waals surface area (Å²) in [6.45, 7) is 0. The molecule has 3 rings (SSSR count). The maximum Gasteiger partial charge on any atom is 0.256 e. The van der Waals surface area contributed by atoms with Gasteiger partial charge in [-0.1, -0.05) is 24.3 Å². The van der Waals surface area contributed by atoms with E-state index in [0.29, 0.717) is 16.5 Å². The number of halogens is 2. The first-order valence-electron chi connectivity index (χ1n) is 6.26. The van der Waals surface area contributed by atoms with Crippen molar-refractivity contribution in [2.45, 2.75) is 0 Å². The fourth-order valence-electron chi connectivity index (χ4n) is 2.08. The van der Waals surface area contributed by atoms with Crippen LogP contribution < -0.4 is 5.32 Å². The fraction of sp³-hybridized carbons (Fsp3) is 0. The Labute approximate surface area is 119 Å². The monoisotopic (exact) mass is 284 g/mol. The molecule has 0 fully saturated rings. The largest absolute Gasteiger partial charge is 0.319 e. The smallest absolute Gasteiger partial charge is 0.256 e. The molecule has 1 aromatic heterocycles. The number of para-hydroxylation sites is 1. The van der Waals surface area contributed by atoms with Crippen LogP contribution in [0.4, 0.5) is 14.5 Å². The van der Waals surface area contributed by atoms with E-state index in [1.807, 2.05) is 6.07 Å². The topological polar surface area (TPSA) is 42.0 Å². The number of nitrogens with zero attached hydrogens (tertiary/aromatic N) is 1. The highest BCUT2D eigenvalue weighted by molar-refractivity contribution is 6.12. The number of aromatic nitrogens is 1. The molecule has 1 heterocycles. The number of anilines is 1. The minimum atomic E-state index is -1.08. The van der Waals surface area contributed by atoms with Crippen molar-refractivity contribution in [2.75, 3.05) is 5.32 Å². The first-order valence-corrected chi connectivity index (χ1v) is 6.26. The van der Waals surface area contributed by atoms with Gasteiger partial charge in [0.25, 0.3) is 5.91 Å². The highest BCUT2D eigenvalue weighted by Gasteiger charge is 2.14. The summed E-state index contributed by atoms with van der Waals surface area (Å²) in [4.78, 5) is 16.4. The van der Waals surface area contributed by atoms with Gasteiger partial charge in [-0.15, -0.1) is 0 Å². The van der Waals surface area contributed by atoms with E-state index in [1.54, 1.807) is 18.2 Å². The van der Waals surface area contributed by atoms with Crippen LogP contribution in [0.1, 0.15) is 10.4 Å². The van der Waals surface area contributed by atoms with E-state index >= 15 is 0 Å². The average molecular weight is 284 g/mol. The lowest BCUT2D eigenvalue weighted by Gasteiger charge is -2.08. The van der Waals surface area contributed by atoms with Crippen LogP contribution in [0.25, 0.3) is 10.9 Å². The van der Waals surface area contributed by atoms with Gasteiger partial charge in [0.15, 0.2) is 11.6 Å². The van der Waals surface area contributed by atoms with Crippen LogP contribution in [0.15, 0.2) is 54.7 Å². The number of carbonyl (C=O) groups excluding carboxylic acids is 1. The van der Waals surface area contributed by atoms with Crippen molar-refractivity contribution in [2.24, 2.45) is 0 Å². The van der Waals surface area contributed by atoms with Crippen molar-refractivity contribution < 1.29 is 13.6 Å². The van der Waals surface area contributed by atoms with E-state index in [4.69, 9.17) is 0 Å². The molecule has 0 aliphatic heterocycles. The molecule has 0 aliphatic rings. The van der Waals surface area contributed by atoms with Crippen molar-refractivity contribution in [3.05, 3.63) is 71.9 Å². The number of hydrogen-bond acceptors (Lipinski definition) is 2. The van der Waals surface area contributed by atoms with Crippen LogP contribution in [-0.4, -0.2) is 10.9 Å². The summed E-state index contributed by atoms with van der Waals surface area (Å²) in [6.07, 6.45) is 1.50. The molecular formula is C16H10F2N2O. The molecule has 0 saturated carbocycles. The van der Waals surface area contributed by atoms with E-state index in [0.717, 1.165) is 6.07 Å². The highest BCUT2D eigenvalue weighted by atomic mass is 19.2. The molecule has 0 aliphatic carbocycles. The van der Waals surface area contributed by atoms with Gasteiger partial charge in [0.05, 0.1) is 16.8 Å². The molecule has 0 unspecified atom stereocenters. The minimum absolute atomic E-state index is 0.194. The molecule has 1 amide bonds. The lowest BCUT2D eigenvalue weighted by atomic mass is 10.1. The second kappa shape index (κ2) is 5.28. The van der Waals surface area contributed by atoms with E-state index in [2.05, 4.69) is 10.3 Å². The third kappa shape index (κ3) is 2.45. The quantitative estimate of drug-likeness (QED) is 0.778. The fourth-order valence-corrected chi connectivity index (χ4v) is 2.08. The standard InChI is InChI=1S/C16H10F2N2O/c17-12-5-3-7-14(15(12)18)20-16(21)11-8-9-19-13-6-2-1-4-10(11)13/h1-9H,(H,20,21). The van der Waals surface area contributed by atoms with E-state index < -0.39 is 17.5 Å². The molecule has 3 nitrogen and oxygen atoms in total.